The molecule has 0 unspecified atom stereocenters. The first kappa shape index (κ1) is 18.4. The first-order valence-corrected chi connectivity index (χ1v) is 10.2. The zero-order chi connectivity index (χ0) is 18.9. The Balaban J connectivity index is 1.26. The maximum absolute atomic E-state index is 12.5. The Morgan fingerprint density at radius 1 is 1.26 bits per heavy atom. The van der Waals surface area contributed by atoms with Crippen LogP contribution in [-0.2, 0) is 4.79 Å². The number of nitrogens with zero attached hydrogens (tertiary/aromatic N) is 2. The third-order valence-electron chi connectivity index (χ3n) is 6.43. The quantitative estimate of drug-likeness (QED) is 0.772. The van der Waals surface area contributed by atoms with Gasteiger partial charge in [0, 0.05) is 25.6 Å². The highest BCUT2D eigenvalue weighted by atomic mass is 16.3. The Morgan fingerprint density at radius 3 is 2.67 bits per heavy atom. The number of aromatic nitrogens is 2. The minimum Gasteiger partial charge on any atom is -0.380 e. The minimum absolute atomic E-state index is 0.185. The second-order valence-corrected chi connectivity index (χ2v) is 8.40. The fourth-order valence-corrected chi connectivity index (χ4v) is 4.42. The predicted molar refractivity (Wildman–Crippen MR) is 105 cm³/mol. The number of hydrogen-bond acceptors (Lipinski definition) is 4. The van der Waals surface area contributed by atoms with Crippen LogP contribution in [0.1, 0.15) is 50.3 Å². The van der Waals surface area contributed by atoms with Crippen LogP contribution in [-0.4, -0.2) is 58.2 Å². The Bertz CT molecular complexity index is 753. The Labute approximate surface area is 160 Å². The van der Waals surface area contributed by atoms with Gasteiger partial charge in [-0.05, 0) is 63.6 Å². The maximum Gasteiger partial charge on any atom is 0.252 e. The van der Waals surface area contributed by atoms with Gasteiger partial charge in [-0.25, -0.2) is 4.98 Å². The summed E-state index contributed by atoms with van der Waals surface area (Å²) in [6.07, 6.45) is 5.40. The van der Waals surface area contributed by atoms with Crippen molar-refractivity contribution in [1.82, 2.24) is 20.2 Å². The van der Waals surface area contributed by atoms with E-state index in [1.54, 1.807) is 0 Å². The number of amides is 1. The molecule has 1 aromatic heterocycles. The van der Waals surface area contributed by atoms with Crippen LogP contribution in [0.3, 0.4) is 0 Å². The number of H-pyrrole nitrogens is 1. The molecule has 1 amide bonds. The van der Waals surface area contributed by atoms with Crippen molar-refractivity contribution in [2.45, 2.75) is 50.0 Å². The number of para-hydroxylation sites is 2. The van der Waals surface area contributed by atoms with Crippen molar-refractivity contribution in [2.75, 3.05) is 26.7 Å². The van der Waals surface area contributed by atoms with Gasteiger partial charge in [0.2, 0.25) is 0 Å². The Hall–Kier alpha value is -1.92. The lowest BCUT2D eigenvalue weighted by atomic mass is 9.81. The van der Waals surface area contributed by atoms with E-state index < -0.39 is 5.60 Å². The van der Waals surface area contributed by atoms with E-state index in [2.05, 4.69) is 21.3 Å². The van der Waals surface area contributed by atoms with Gasteiger partial charge < -0.3 is 20.3 Å². The van der Waals surface area contributed by atoms with Gasteiger partial charge in [-0.1, -0.05) is 12.1 Å². The third-order valence-corrected chi connectivity index (χ3v) is 6.43. The van der Waals surface area contributed by atoms with Crippen molar-refractivity contribution in [3.05, 3.63) is 30.1 Å². The normalized spacial score (nSPS) is 26.1. The molecule has 2 fully saturated rings. The summed E-state index contributed by atoms with van der Waals surface area (Å²) in [5.74, 6) is 1.88. The molecule has 1 aromatic carbocycles. The molecule has 6 nitrogen and oxygen atoms in total. The number of carbonyl (C=O) groups is 1. The molecule has 2 aromatic rings. The van der Waals surface area contributed by atoms with Gasteiger partial charge in [-0.3, -0.25) is 4.79 Å². The van der Waals surface area contributed by atoms with Gasteiger partial charge in [-0.2, -0.15) is 0 Å². The van der Waals surface area contributed by atoms with E-state index in [0.717, 1.165) is 55.6 Å². The van der Waals surface area contributed by atoms with E-state index in [4.69, 9.17) is 4.98 Å². The van der Waals surface area contributed by atoms with E-state index in [1.807, 2.05) is 25.2 Å². The summed E-state index contributed by atoms with van der Waals surface area (Å²) in [6, 6.07) is 8.16. The van der Waals surface area contributed by atoms with Crippen LogP contribution in [0.15, 0.2) is 24.3 Å². The lowest BCUT2D eigenvalue weighted by molar-refractivity contribution is -0.144. The molecule has 0 radical (unpaired) electrons. The topological polar surface area (TPSA) is 81.2 Å². The molecule has 0 atom stereocenters. The van der Waals surface area contributed by atoms with Gasteiger partial charge in [-0.15, -0.1) is 0 Å². The van der Waals surface area contributed by atoms with Crippen LogP contribution in [0.25, 0.3) is 11.0 Å². The Morgan fingerprint density at radius 2 is 1.96 bits per heavy atom. The summed E-state index contributed by atoms with van der Waals surface area (Å²) in [7, 11) is 2.03. The van der Waals surface area contributed by atoms with Crippen LogP contribution in [0.4, 0.5) is 0 Å². The van der Waals surface area contributed by atoms with Crippen LogP contribution >= 0.6 is 0 Å². The molecule has 3 N–H and O–H groups in total. The molecule has 1 saturated carbocycles. The van der Waals surface area contributed by atoms with Crippen LogP contribution in [0.5, 0.6) is 0 Å². The third kappa shape index (κ3) is 4.01. The molecule has 4 rings (SSSR count). The summed E-state index contributed by atoms with van der Waals surface area (Å²) in [5, 5.41) is 13.6. The number of aromatic amines is 1. The van der Waals surface area contributed by atoms with E-state index in [1.165, 1.54) is 0 Å². The SMILES string of the molecule is CN1CCC(O)(C(=O)NCC2CCC(c3nc4ccccc4[nH]3)CC2)CC1. The molecule has 2 aliphatic rings. The molecule has 6 heteroatoms. The van der Waals surface area contributed by atoms with Crippen molar-refractivity contribution >= 4 is 16.9 Å². The predicted octanol–water partition coefficient (Wildman–Crippen LogP) is 2.41. The number of nitrogens with one attached hydrogen (secondary N) is 2. The first-order chi connectivity index (χ1) is 13.0. The van der Waals surface area contributed by atoms with Crippen molar-refractivity contribution < 1.29 is 9.90 Å². The summed E-state index contributed by atoms with van der Waals surface area (Å²) >= 11 is 0. The van der Waals surface area contributed by atoms with E-state index in [-0.39, 0.29) is 5.91 Å². The number of imidazole rings is 1. The van der Waals surface area contributed by atoms with Crippen LogP contribution < -0.4 is 5.32 Å². The maximum atomic E-state index is 12.5. The molecule has 1 saturated heterocycles. The number of fused-ring (bicyclic) bond motifs is 1. The number of carbonyl (C=O) groups excluding carboxylic acids is 1. The highest BCUT2D eigenvalue weighted by Crippen LogP contribution is 2.35. The number of hydrogen-bond donors (Lipinski definition) is 3. The van der Waals surface area contributed by atoms with Gasteiger partial charge in [0.25, 0.3) is 5.91 Å². The molecule has 1 aliphatic carbocycles. The van der Waals surface area contributed by atoms with Gasteiger partial charge >= 0.3 is 0 Å². The average Bonchev–Trinajstić information content (AvgIpc) is 3.13. The number of aliphatic hydroxyl groups is 1. The molecular formula is C21H30N4O2. The molecule has 146 valence electrons. The van der Waals surface area contributed by atoms with Crippen molar-refractivity contribution in [3.8, 4) is 0 Å². The van der Waals surface area contributed by atoms with Crippen molar-refractivity contribution in [3.63, 3.8) is 0 Å². The standard InChI is InChI=1S/C21H30N4O2/c1-25-12-10-21(27,11-13-25)20(26)22-14-15-6-8-16(9-7-15)19-23-17-4-2-3-5-18(17)24-19/h2-5,15-16,27H,6-14H2,1H3,(H,22,26)(H,23,24). The largest absolute Gasteiger partial charge is 0.380 e. The van der Waals surface area contributed by atoms with Crippen LogP contribution in [0.2, 0.25) is 0 Å². The second kappa shape index (κ2) is 7.60. The van der Waals surface area contributed by atoms with E-state index >= 15 is 0 Å². The monoisotopic (exact) mass is 370 g/mol. The van der Waals surface area contributed by atoms with Crippen LogP contribution in [0, 0.1) is 5.92 Å². The molecule has 0 spiro atoms. The summed E-state index contributed by atoms with van der Waals surface area (Å²) in [4.78, 5) is 22.8. The summed E-state index contributed by atoms with van der Waals surface area (Å²) in [6.45, 7) is 2.21. The highest BCUT2D eigenvalue weighted by molar-refractivity contribution is 5.85. The van der Waals surface area contributed by atoms with E-state index in [0.29, 0.717) is 31.2 Å². The zero-order valence-corrected chi connectivity index (χ0v) is 16.1. The average molecular weight is 370 g/mol. The smallest absolute Gasteiger partial charge is 0.252 e. The molecular weight excluding hydrogens is 340 g/mol. The Kier molecular flexibility index (Phi) is 5.19. The lowest BCUT2D eigenvalue weighted by Gasteiger charge is -2.36. The summed E-state index contributed by atoms with van der Waals surface area (Å²) in [5.41, 5.74) is 0.958. The molecule has 27 heavy (non-hydrogen) atoms. The highest BCUT2D eigenvalue weighted by Gasteiger charge is 2.38. The van der Waals surface area contributed by atoms with Crippen molar-refractivity contribution in [1.29, 1.82) is 0 Å². The van der Waals surface area contributed by atoms with Gasteiger partial charge in [0.05, 0.1) is 11.0 Å². The fourth-order valence-electron chi connectivity index (χ4n) is 4.42. The fraction of sp³-hybridized carbons (Fsp3) is 0.619. The molecule has 2 heterocycles. The second-order valence-electron chi connectivity index (χ2n) is 8.40. The lowest BCUT2D eigenvalue weighted by Crippen LogP contribution is -2.53. The number of likely N-dealkylation sites (tertiary alicyclic amines) is 1. The number of benzene rings is 1. The first-order valence-electron chi connectivity index (χ1n) is 10.2. The number of rotatable bonds is 4. The van der Waals surface area contributed by atoms with E-state index in [9.17, 15) is 9.90 Å². The summed E-state index contributed by atoms with van der Waals surface area (Å²) < 4.78 is 0. The minimum atomic E-state index is -1.18. The van der Waals surface area contributed by atoms with Gasteiger partial charge in [0.1, 0.15) is 11.4 Å². The zero-order valence-electron chi connectivity index (χ0n) is 16.1. The molecule has 0 bridgehead atoms. The van der Waals surface area contributed by atoms with Gasteiger partial charge in [0.15, 0.2) is 0 Å². The van der Waals surface area contributed by atoms with Crippen molar-refractivity contribution in [2.24, 2.45) is 5.92 Å². The number of piperidine rings is 1. The molecule has 1 aliphatic heterocycles.